The van der Waals surface area contributed by atoms with E-state index < -0.39 is 0 Å². The Hall–Kier alpha value is -1.02. The summed E-state index contributed by atoms with van der Waals surface area (Å²) in [5, 5.41) is 0. The number of hydrogen-bond acceptors (Lipinski definition) is 2. The van der Waals surface area contributed by atoms with Gasteiger partial charge in [-0.3, -0.25) is 0 Å². The van der Waals surface area contributed by atoms with Gasteiger partial charge in [0.05, 0.1) is 0 Å². The minimum atomic E-state index is 0.737. The Bertz CT molecular complexity index is 318. The van der Waals surface area contributed by atoms with Crippen molar-refractivity contribution in [1.82, 2.24) is 0 Å². The standard InChI is InChI=1S/C14H22N2/c1-2-12-8-10-16(11-12)14-5-3-13(4-6-14)7-9-15/h3-6,12H,2,7-11,15H2,1H3. The van der Waals surface area contributed by atoms with Crippen molar-refractivity contribution < 1.29 is 0 Å². The molecular formula is C14H22N2. The zero-order valence-corrected chi connectivity index (χ0v) is 10.2. The van der Waals surface area contributed by atoms with E-state index in [9.17, 15) is 0 Å². The van der Waals surface area contributed by atoms with E-state index in [0.717, 1.165) is 18.9 Å². The van der Waals surface area contributed by atoms with Gasteiger partial charge in [0.1, 0.15) is 0 Å². The fourth-order valence-corrected chi connectivity index (χ4v) is 2.44. The number of anilines is 1. The summed E-state index contributed by atoms with van der Waals surface area (Å²) < 4.78 is 0. The highest BCUT2D eigenvalue weighted by Crippen LogP contribution is 2.25. The van der Waals surface area contributed by atoms with Crippen LogP contribution in [0.1, 0.15) is 25.3 Å². The lowest BCUT2D eigenvalue weighted by Gasteiger charge is -2.18. The Morgan fingerprint density at radius 3 is 2.62 bits per heavy atom. The number of rotatable bonds is 4. The van der Waals surface area contributed by atoms with E-state index in [1.54, 1.807) is 0 Å². The van der Waals surface area contributed by atoms with Crippen LogP contribution in [0, 0.1) is 5.92 Å². The Balaban J connectivity index is 1.99. The molecule has 0 spiro atoms. The highest BCUT2D eigenvalue weighted by Gasteiger charge is 2.20. The molecule has 0 saturated carbocycles. The molecule has 1 atom stereocenters. The quantitative estimate of drug-likeness (QED) is 0.841. The Labute approximate surface area is 98.4 Å². The molecule has 2 rings (SSSR count). The van der Waals surface area contributed by atoms with E-state index in [1.165, 1.54) is 37.2 Å². The van der Waals surface area contributed by atoms with Gasteiger partial charge in [0.2, 0.25) is 0 Å². The number of nitrogens with two attached hydrogens (primary N) is 1. The zero-order chi connectivity index (χ0) is 11.4. The maximum absolute atomic E-state index is 5.55. The first-order chi connectivity index (χ1) is 7.83. The first-order valence-electron chi connectivity index (χ1n) is 6.37. The van der Waals surface area contributed by atoms with Crippen LogP contribution >= 0.6 is 0 Å². The van der Waals surface area contributed by atoms with Crippen LogP contribution in [0.15, 0.2) is 24.3 Å². The third kappa shape index (κ3) is 2.56. The molecule has 1 heterocycles. The summed E-state index contributed by atoms with van der Waals surface area (Å²) in [4.78, 5) is 2.50. The van der Waals surface area contributed by atoms with Gasteiger partial charge in [0.15, 0.2) is 0 Å². The van der Waals surface area contributed by atoms with Crippen molar-refractivity contribution in [1.29, 1.82) is 0 Å². The van der Waals surface area contributed by atoms with Crippen LogP contribution in [0.3, 0.4) is 0 Å². The van der Waals surface area contributed by atoms with Crippen LogP contribution in [-0.4, -0.2) is 19.6 Å². The molecule has 88 valence electrons. The maximum Gasteiger partial charge on any atom is 0.0366 e. The molecule has 0 aromatic heterocycles. The SMILES string of the molecule is CCC1CCN(c2ccc(CCN)cc2)C1. The summed E-state index contributed by atoms with van der Waals surface area (Å²) in [6, 6.07) is 8.90. The maximum atomic E-state index is 5.55. The van der Waals surface area contributed by atoms with Gasteiger partial charge in [0.25, 0.3) is 0 Å². The van der Waals surface area contributed by atoms with E-state index >= 15 is 0 Å². The molecule has 1 aromatic carbocycles. The number of nitrogens with zero attached hydrogens (tertiary/aromatic N) is 1. The van der Waals surface area contributed by atoms with Crippen molar-refractivity contribution in [2.45, 2.75) is 26.2 Å². The highest BCUT2D eigenvalue weighted by molar-refractivity contribution is 5.48. The Morgan fingerprint density at radius 1 is 1.31 bits per heavy atom. The summed E-state index contributed by atoms with van der Waals surface area (Å²) in [5.41, 5.74) is 8.26. The number of hydrogen-bond donors (Lipinski definition) is 1. The van der Waals surface area contributed by atoms with Crippen LogP contribution in [-0.2, 0) is 6.42 Å². The molecule has 1 fully saturated rings. The van der Waals surface area contributed by atoms with Gasteiger partial charge in [-0.1, -0.05) is 25.5 Å². The van der Waals surface area contributed by atoms with Gasteiger partial charge in [-0.25, -0.2) is 0 Å². The molecule has 1 unspecified atom stereocenters. The Kier molecular flexibility index (Phi) is 3.83. The van der Waals surface area contributed by atoms with Gasteiger partial charge in [-0.2, -0.15) is 0 Å². The molecule has 1 aromatic rings. The minimum absolute atomic E-state index is 0.737. The van der Waals surface area contributed by atoms with Crippen LogP contribution in [0.2, 0.25) is 0 Å². The van der Waals surface area contributed by atoms with Crippen LogP contribution in [0.25, 0.3) is 0 Å². The summed E-state index contributed by atoms with van der Waals surface area (Å²) >= 11 is 0. The van der Waals surface area contributed by atoms with Crippen molar-refractivity contribution in [2.24, 2.45) is 11.7 Å². The monoisotopic (exact) mass is 218 g/mol. The van der Waals surface area contributed by atoms with Gasteiger partial charge >= 0.3 is 0 Å². The van der Waals surface area contributed by atoms with Crippen molar-refractivity contribution >= 4 is 5.69 Å². The molecule has 0 bridgehead atoms. The minimum Gasteiger partial charge on any atom is -0.371 e. The van der Waals surface area contributed by atoms with E-state index in [4.69, 9.17) is 5.73 Å². The molecule has 16 heavy (non-hydrogen) atoms. The number of benzene rings is 1. The van der Waals surface area contributed by atoms with Crippen LogP contribution < -0.4 is 10.6 Å². The lowest BCUT2D eigenvalue weighted by atomic mass is 10.1. The highest BCUT2D eigenvalue weighted by atomic mass is 15.1. The first-order valence-corrected chi connectivity index (χ1v) is 6.37. The largest absolute Gasteiger partial charge is 0.371 e. The third-order valence-corrected chi connectivity index (χ3v) is 3.60. The average molecular weight is 218 g/mol. The van der Waals surface area contributed by atoms with E-state index in [-0.39, 0.29) is 0 Å². The van der Waals surface area contributed by atoms with E-state index in [0.29, 0.717) is 0 Å². The van der Waals surface area contributed by atoms with Crippen LogP contribution in [0.4, 0.5) is 5.69 Å². The summed E-state index contributed by atoms with van der Waals surface area (Å²) in [5.74, 6) is 0.892. The summed E-state index contributed by atoms with van der Waals surface area (Å²) in [6.45, 7) is 5.47. The van der Waals surface area contributed by atoms with Crippen molar-refractivity contribution in [3.8, 4) is 0 Å². The smallest absolute Gasteiger partial charge is 0.0366 e. The van der Waals surface area contributed by atoms with Gasteiger partial charge < -0.3 is 10.6 Å². The molecule has 0 radical (unpaired) electrons. The Morgan fingerprint density at radius 2 is 2.06 bits per heavy atom. The topological polar surface area (TPSA) is 29.3 Å². The predicted octanol–water partition coefficient (Wildman–Crippen LogP) is 2.42. The molecule has 1 aliphatic heterocycles. The summed E-state index contributed by atoms with van der Waals surface area (Å²) in [7, 11) is 0. The lowest BCUT2D eigenvalue weighted by molar-refractivity contribution is 0.569. The molecule has 2 heteroatoms. The molecule has 1 saturated heterocycles. The average Bonchev–Trinajstić information content (AvgIpc) is 2.79. The van der Waals surface area contributed by atoms with Crippen molar-refractivity contribution in [3.63, 3.8) is 0 Å². The second-order valence-corrected chi connectivity index (χ2v) is 4.71. The molecule has 2 N–H and O–H groups in total. The second-order valence-electron chi connectivity index (χ2n) is 4.71. The van der Waals surface area contributed by atoms with Crippen molar-refractivity contribution in [3.05, 3.63) is 29.8 Å². The molecule has 1 aliphatic rings. The predicted molar refractivity (Wildman–Crippen MR) is 69.8 cm³/mol. The normalized spacial score (nSPS) is 20.4. The van der Waals surface area contributed by atoms with Gasteiger partial charge in [-0.05, 0) is 43.0 Å². The van der Waals surface area contributed by atoms with Crippen molar-refractivity contribution in [2.75, 3.05) is 24.5 Å². The third-order valence-electron chi connectivity index (χ3n) is 3.60. The van der Waals surface area contributed by atoms with Crippen LogP contribution in [0.5, 0.6) is 0 Å². The van der Waals surface area contributed by atoms with E-state index in [1.807, 2.05) is 0 Å². The fourth-order valence-electron chi connectivity index (χ4n) is 2.44. The lowest BCUT2D eigenvalue weighted by Crippen LogP contribution is -2.19. The van der Waals surface area contributed by atoms with Gasteiger partial charge in [0, 0.05) is 18.8 Å². The second kappa shape index (κ2) is 5.35. The fraction of sp³-hybridized carbons (Fsp3) is 0.571. The summed E-state index contributed by atoms with van der Waals surface area (Å²) in [6.07, 6.45) is 3.64. The zero-order valence-electron chi connectivity index (χ0n) is 10.2. The molecule has 0 amide bonds. The van der Waals surface area contributed by atoms with E-state index in [2.05, 4.69) is 36.1 Å². The van der Waals surface area contributed by atoms with Gasteiger partial charge in [-0.15, -0.1) is 0 Å². The molecular weight excluding hydrogens is 196 g/mol. The first kappa shape index (κ1) is 11.5. The molecule has 2 nitrogen and oxygen atoms in total. The molecule has 0 aliphatic carbocycles.